The molecule has 2 aromatic carbocycles. The highest BCUT2D eigenvalue weighted by Gasteiger charge is 2.17. The van der Waals surface area contributed by atoms with Crippen LogP contribution in [-0.2, 0) is 14.3 Å². The molecule has 0 spiro atoms. The van der Waals surface area contributed by atoms with Crippen LogP contribution in [0.4, 0.5) is 5.69 Å². The minimum Gasteiger partial charge on any atom is -0.493 e. The minimum atomic E-state index is -0.636. The summed E-state index contributed by atoms with van der Waals surface area (Å²) in [7, 11) is 4.29. The van der Waals surface area contributed by atoms with Crippen molar-refractivity contribution in [1.29, 1.82) is 0 Å². The van der Waals surface area contributed by atoms with E-state index in [2.05, 4.69) is 16.2 Å². The van der Waals surface area contributed by atoms with Crippen LogP contribution in [0.25, 0.3) is 0 Å². The summed E-state index contributed by atoms with van der Waals surface area (Å²) in [6.07, 6.45) is 0. The lowest BCUT2D eigenvalue weighted by atomic mass is 10.1. The van der Waals surface area contributed by atoms with Gasteiger partial charge >= 0.3 is 0 Å². The zero-order chi connectivity index (χ0) is 21.9. The monoisotopic (exact) mass is 417 g/mol. The average Bonchev–Trinajstić information content (AvgIpc) is 2.76. The molecule has 0 atom stereocenters. The molecule has 0 aliphatic rings. The summed E-state index contributed by atoms with van der Waals surface area (Å²) in [5, 5.41) is 2.62. The highest BCUT2D eigenvalue weighted by Crippen LogP contribution is 2.38. The van der Waals surface area contributed by atoms with Crippen LogP contribution in [-0.4, -0.2) is 52.3 Å². The summed E-state index contributed by atoms with van der Waals surface area (Å²) in [6, 6.07) is 11.7. The molecule has 0 saturated heterocycles. The molecule has 0 saturated carbocycles. The number of amides is 3. The number of carbonyl (C=O) groups excluding carboxylic acids is 3. The van der Waals surface area contributed by atoms with E-state index >= 15 is 0 Å². The van der Waals surface area contributed by atoms with E-state index in [0.717, 1.165) is 0 Å². The summed E-state index contributed by atoms with van der Waals surface area (Å²) >= 11 is 0. The Bertz CT molecular complexity index is 862. The second-order valence-corrected chi connectivity index (χ2v) is 5.82. The normalized spacial score (nSPS) is 9.97. The molecule has 2 aromatic rings. The molecular formula is C20H23N3O7. The first-order valence-electron chi connectivity index (χ1n) is 8.80. The van der Waals surface area contributed by atoms with Crippen molar-refractivity contribution in [2.75, 3.05) is 39.9 Å². The lowest BCUT2D eigenvalue weighted by Gasteiger charge is -2.14. The number of carbonyl (C=O) groups is 3. The van der Waals surface area contributed by atoms with E-state index in [0.29, 0.717) is 22.9 Å². The van der Waals surface area contributed by atoms with Crippen LogP contribution < -0.4 is 30.4 Å². The smallest absolute Gasteiger partial charge is 0.269 e. The van der Waals surface area contributed by atoms with Gasteiger partial charge in [0.05, 0.1) is 21.3 Å². The number of para-hydroxylation sites is 1. The Labute approximate surface area is 173 Å². The molecule has 0 bridgehead atoms. The predicted molar refractivity (Wildman–Crippen MR) is 108 cm³/mol. The van der Waals surface area contributed by atoms with Crippen molar-refractivity contribution in [3.05, 3.63) is 48.0 Å². The molecule has 0 unspecified atom stereocenters. The predicted octanol–water partition coefficient (Wildman–Crippen LogP) is 1.13. The number of nitrogens with one attached hydrogen (secondary N) is 3. The van der Waals surface area contributed by atoms with E-state index < -0.39 is 24.3 Å². The molecule has 3 amide bonds. The molecule has 3 N–H and O–H groups in total. The van der Waals surface area contributed by atoms with Gasteiger partial charge < -0.3 is 24.3 Å². The number of anilines is 1. The summed E-state index contributed by atoms with van der Waals surface area (Å²) in [5.74, 6) is -0.729. The Morgan fingerprint density at radius 1 is 0.800 bits per heavy atom. The van der Waals surface area contributed by atoms with Crippen molar-refractivity contribution >= 4 is 23.4 Å². The second-order valence-electron chi connectivity index (χ2n) is 5.82. The van der Waals surface area contributed by atoms with Gasteiger partial charge in [0, 0.05) is 11.3 Å². The Morgan fingerprint density at radius 2 is 1.40 bits per heavy atom. The first kappa shape index (κ1) is 22.5. The van der Waals surface area contributed by atoms with Gasteiger partial charge in [-0.1, -0.05) is 18.2 Å². The third-order valence-corrected chi connectivity index (χ3v) is 3.77. The Morgan fingerprint density at radius 3 is 1.97 bits per heavy atom. The van der Waals surface area contributed by atoms with E-state index in [4.69, 9.17) is 18.9 Å². The van der Waals surface area contributed by atoms with Crippen LogP contribution in [0.5, 0.6) is 17.2 Å². The number of hydrogen-bond donors (Lipinski definition) is 3. The van der Waals surface area contributed by atoms with Crippen molar-refractivity contribution in [3.63, 3.8) is 0 Å². The van der Waals surface area contributed by atoms with Crippen LogP contribution in [0.15, 0.2) is 42.5 Å². The van der Waals surface area contributed by atoms with Gasteiger partial charge in [-0.3, -0.25) is 25.2 Å². The molecule has 10 nitrogen and oxygen atoms in total. The third kappa shape index (κ3) is 6.38. The van der Waals surface area contributed by atoms with Gasteiger partial charge in [-0.2, -0.15) is 0 Å². The van der Waals surface area contributed by atoms with E-state index in [1.54, 1.807) is 24.3 Å². The van der Waals surface area contributed by atoms with Crippen molar-refractivity contribution < 1.29 is 33.3 Å². The van der Waals surface area contributed by atoms with Crippen molar-refractivity contribution in [2.24, 2.45) is 0 Å². The standard InChI is InChI=1S/C20H23N3O7/c1-27-15-9-13(10-16(28-2)19(15)29-3)20(26)23-22-18(25)12-30-11-17(24)21-14-7-5-4-6-8-14/h4-10H,11-12H2,1-3H3,(H,21,24)(H,22,25)(H,23,26). The highest BCUT2D eigenvalue weighted by atomic mass is 16.5. The van der Waals surface area contributed by atoms with Gasteiger partial charge in [-0.15, -0.1) is 0 Å². The fourth-order valence-electron chi connectivity index (χ4n) is 2.40. The van der Waals surface area contributed by atoms with Crippen molar-refractivity contribution in [1.82, 2.24) is 10.9 Å². The van der Waals surface area contributed by atoms with E-state index in [9.17, 15) is 14.4 Å². The van der Waals surface area contributed by atoms with E-state index in [-0.39, 0.29) is 12.2 Å². The number of hydrogen-bond acceptors (Lipinski definition) is 7. The first-order chi connectivity index (χ1) is 14.5. The largest absolute Gasteiger partial charge is 0.493 e. The Balaban J connectivity index is 1.80. The summed E-state index contributed by atoms with van der Waals surface area (Å²) < 4.78 is 20.6. The van der Waals surface area contributed by atoms with E-state index in [1.165, 1.54) is 33.5 Å². The molecule has 160 valence electrons. The van der Waals surface area contributed by atoms with Crippen molar-refractivity contribution in [2.45, 2.75) is 0 Å². The van der Waals surface area contributed by atoms with Gasteiger partial charge in [0.1, 0.15) is 13.2 Å². The van der Waals surface area contributed by atoms with Gasteiger partial charge in [0.2, 0.25) is 11.7 Å². The minimum absolute atomic E-state index is 0.174. The molecular weight excluding hydrogens is 394 g/mol. The number of ether oxygens (including phenoxy) is 4. The number of benzene rings is 2. The fourth-order valence-corrected chi connectivity index (χ4v) is 2.40. The summed E-state index contributed by atoms with van der Waals surface area (Å²) in [5.41, 5.74) is 5.24. The third-order valence-electron chi connectivity index (χ3n) is 3.77. The van der Waals surface area contributed by atoms with Gasteiger partial charge in [-0.05, 0) is 24.3 Å². The second kappa shape index (κ2) is 11.3. The SMILES string of the molecule is COc1cc(C(=O)NNC(=O)COCC(=O)Nc2ccccc2)cc(OC)c1OC. The molecule has 0 aromatic heterocycles. The topological polar surface area (TPSA) is 124 Å². The zero-order valence-corrected chi connectivity index (χ0v) is 16.8. The average molecular weight is 417 g/mol. The summed E-state index contributed by atoms with van der Waals surface area (Å²) in [4.78, 5) is 35.8. The highest BCUT2D eigenvalue weighted by molar-refractivity contribution is 5.97. The summed E-state index contributed by atoms with van der Waals surface area (Å²) in [6.45, 7) is -0.735. The van der Waals surface area contributed by atoms with Gasteiger partial charge in [-0.25, -0.2) is 0 Å². The van der Waals surface area contributed by atoms with Crippen LogP contribution in [0.2, 0.25) is 0 Å². The molecule has 0 heterocycles. The molecule has 30 heavy (non-hydrogen) atoms. The molecule has 10 heteroatoms. The van der Waals surface area contributed by atoms with Crippen LogP contribution in [0.1, 0.15) is 10.4 Å². The lowest BCUT2D eigenvalue weighted by molar-refractivity contribution is -0.129. The lowest BCUT2D eigenvalue weighted by Crippen LogP contribution is -2.43. The quantitative estimate of drug-likeness (QED) is 0.523. The number of rotatable bonds is 9. The molecule has 0 aliphatic carbocycles. The van der Waals surface area contributed by atoms with Crippen molar-refractivity contribution in [3.8, 4) is 17.2 Å². The fraction of sp³-hybridized carbons (Fsp3) is 0.250. The van der Waals surface area contributed by atoms with Crippen LogP contribution in [0, 0.1) is 0 Å². The Kier molecular flexibility index (Phi) is 8.45. The van der Waals surface area contributed by atoms with Gasteiger partial charge in [0.25, 0.3) is 11.8 Å². The number of methoxy groups -OCH3 is 3. The maximum atomic E-state index is 12.3. The van der Waals surface area contributed by atoms with Crippen LogP contribution in [0.3, 0.4) is 0 Å². The zero-order valence-electron chi connectivity index (χ0n) is 16.8. The van der Waals surface area contributed by atoms with Crippen LogP contribution >= 0.6 is 0 Å². The molecule has 0 aliphatic heterocycles. The maximum Gasteiger partial charge on any atom is 0.269 e. The molecule has 0 radical (unpaired) electrons. The first-order valence-corrected chi connectivity index (χ1v) is 8.80. The Hall–Kier alpha value is -3.79. The van der Waals surface area contributed by atoms with Gasteiger partial charge in [0.15, 0.2) is 11.5 Å². The molecule has 0 fully saturated rings. The van der Waals surface area contributed by atoms with E-state index in [1.807, 2.05) is 6.07 Å². The molecule has 2 rings (SSSR count). The maximum absolute atomic E-state index is 12.3. The number of hydrazine groups is 1.